The molecular weight excluding hydrogens is 358 g/mol. The van der Waals surface area contributed by atoms with E-state index in [1.54, 1.807) is 19.2 Å². The molecule has 1 amide bonds. The molecule has 0 bridgehead atoms. The van der Waals surface area contributed by atoms with E-state index in [-0.39, 0.29) is 5.91 Å². The van der Waals surface area contributed by atoms with E-state index >= 15 is 0 Å². The van der Waals surface area contributed by atoms with Crippen LogP contribution in [0.4, 0.5) is 0 Å². The van der Waals surface area contributed by atoms with E-state index in [9.17, 15) is 4.79 Å². The number of ether oxygens (including phenoxy) is 2. The molecule has 2 rings (SSSR count). The lowest BCUT2D eigenvalue weighted by Crippen LogP contribution is -2.22. The van der Waals surface area contributed by atoms with E-state index in [0.29, 0.717) is 18.7 Å². The highest BCUT2D eigenvalue weighted by Crippen LogP contribution is 2.26. The van der Waals surface area contributed by atoms with Gasteiger partial charge in [-0.25, -0.2) is 0 Å². The van der Waals surface area contributed by atoms with Crippen LogP contribution >= 0.6 is 15.9 Å². The molecule has 0 aliphatic heterocycles. The number of carbonyl (C=O) groups excluding carboxylic acids is 1. The Morgan fingerprint density at radius 3 is 2.52 bits per heavy atom. The van der Waals surface area contributed by atoms with Gasteiger partial charge >= 0.3 is 0 Å². The van der Waals surface area contributed by atoms with Crippen molar-refractivity contribution in [2.45, 2.75) is 19.9 Å². The normalized spacial score (nSPS) is 10.2. The third-order valence-electron chi connectivity index (χ3n) is 3.27. The summed E-state index contributed by atoms with van der Waals surface area (Å²) in [5.74, 6) is 1.42. The number of amides is 1. The maximum Gasteiger partial charge on any atom is 0.251 e. The highest BCUT2D eigenvalue weighted by molar-refractivity contribution is 9.10. The van der Waals surface area contributed by atoms with E-state index in [0.717, 1.165) is 28.0 Å². The first-order valence-electron chi connectivity index (χ1n) is 7.47. The standard InChI is InChI=1S/C18H20BrNO3/c1-3-10-23-17-9-6-14(11-16(17)19)18(21)20-12-13-4-7-15(22-2)8-5-13/h4-9,11H,3,10,12H2,1-2H3,(H,20,21). The fraction of sp³-hybridized carbons (Fsp3) is 0.278. The van der Waals surface area contributed by atoms with Crippen molar-refractivity contribution in [2.75, 3.05) is 13.7 Å². The Balaban J connectivity index is 1.95. The first-order chi connectivity index (χ1) is 11.1. The third-order valence-corrected chi connectivity index (χ3v) is 3.89. The minimum atomic E-state index is -0.122. The van der Waals surface area contributed by atoms with E-state index < -0.39 is 0 Å². The van der Waals surface area contributed by atoms with Crippen molar-refractivity contribution in [2.24, 2.45) is 0 Å². The zero-order chi connectivity index (χ0) is 16.7. The van der Waals surface area contributed by atoms with Gasteiger partial charge in [0.25, 0.3) is 5.91 Å². The van der Waals surface area contributed by atoms with Crippen LogP contribution < -0.4 is 14.8 Å². The van der Waals surface area contributed by atoms with E-state index in [1.165, 1.54) is 0 Å². The lowest BCUT2D eigenvalue weighted by Gasteiger charge is -2.10. The molecule has 5 heteroatoms. The number of benzene rings is 2. The molecule has 2 aromatic rings. The molecule has 0 aliphatic rings. The molecule has 0 radical (unpaired) electrons. The van der Waals surface area contributed by atoms with Gasteiger partial charge in [0.1, 0.15) is 11.5 Å². The molecule has 0 unspecified atom stereocenters. The summed E-state index contributed by atoms with van der Waals surface area (Å²) < 4.78 is 11.5. The molecular formula is C18H20BrNO3. The smallest absolute Gasteiger partial charge is 0.251 e. The van der Waals surface area contributed by atoms with Crippen molar-refractivity contribution < 1.29 is 14.3 Å². The molecule has 0 saturated carbocycles. The topological polar surface area (TPSA) is 47.6 Å². The largest absolute Gasteiger partial charge is 0.497 e. The zero-order valence-electron chi connectivity index (χ0n) is 13.3. The summed E-state index contributed by atoms with van der Waals surface area (Å²) in [6.07, 6.45) is 0.941. The summed E-state index contributed by atoms with van der Waals surface area (Å²) in [7, 11) is 1.63. The Bertz CT molecular complexity index is 656. The van der Waals surface area contributed by atoms with Gasteiger partial charge in [0.2, 0.25) is 0 Å². The molecule has 0 aliphatic carbocycles. The first-order valence-corrected chi connectivity index (χ1v) is 8.26. The second kappa shape index (κ2) is 8.58. The van der Waals surface area contributed by atoms with Crippen LogP contribution in [0.1, 0.15) is 29.3 Å². The van der Waals surface area contributed by atoms with Crippen LogP contribution in [0.25, 0.3) is 0 Å². The highest BCUT2D eigenvalue weighted by atomic mass is 79.9. The van der Waals surface area contributed by atoms with E-state index in [4.69, 9.17) is 9.47 Å². The Morgan fingerprint density at radius 1 is 1.17 bits per heavy atom. The summed E-state index contributed by atoms with van der Waals surface area (Å²) in [5, 5.41) is 2.90. The summed E-state index contributed by atoms with van der Waals surface area (Å²) in [6.45, 7) is 3.17. The Hall–Kier alpha value is -2.01. The Labute approximate surface area is 144 Å². The molecule has 0 heterocycles. The van der Waals surface area contributed by atoms with Gasteiger partial charge in [-0.05, 0) is 58.2 Å². The Morgan fingerprint density at radius 2 is 1.91 bits per heavy atom. The van der Waals surface area contributed by atoms with Gasteiger partial charge in [-0.15, -0.1) is 0 Å². The number of halogens is 1. The molecule has 0 aromatic heterocycles. The van der Waals surface area contributed by atoms with Crippen molar-refractivity contribution in [3.63, 3.8) is 0 Å². The van der Waals surface area contributed by atoms with Gasteiger partial charge in [-0.1, -0.05) is 19.1 Å². The summed E-state index contributed by atoms with van der Waals surface area (Å²) in [6, 6.07) is 12.9. The number of hydrogen-bond donors (Lipinski definition) is 1. The molecule has 0 atom stereocenters. The molecule has 0 saturated heterocycles. The van der Waals surface area contributed by atoms with Crippen molar-refractivity contribution in [3.8, 4) is 11.5 Å². The van der Waals surface area contributed by atoms with Gasteiger partial charge in [0.05, 0.1) is 18.2 Å². The average molecular weight is 378 g/mol. The predicted octanol–water partition coefficient (Wildman–Crippen LogP) is 4.18. The van der Waals surface area contributed by atoms with Gasteiger partial charge in [-0.3, -0.25) is 4.79 Å². The maximum atomic E-state index is 12.2. The first kappa shape index (κ1) is 17.3. The van der Waals surface area contributed by atoms with Crippen molar-refractivity contribution in [3.05, 3.63) is 58.1 Å². The lowest BCUT2D eigenvalue weighted by atomic mass is 10.2. The average Bonchev–Trinajstić information content (AvgIpc) is 2.59. The highest BCUT2D eigenvalue weighted by Gasteiger charge is 2.09. The molecule has 122 valence electrons. The minimum Gasteiger partial charge on any atom is -0.497 e. The fourth-order valence-corrected chi connectivity index (χ4v) is 2.49. The van der Waals surface area contributed by atoms with E-state index in [2.05, 4.69) is 28.2 Å². The van der Waals surface area contributed by atoms with E-state index in [1.807, 2.05) is 30.3 Å². The summed E-state index contributed by atoms with van der Waals surface area (Å²) >= 11 is 3.44. The SMILES string of the molecule is CCCOc1ccc(C(=O)NCc2ccc(OC)cc2)cc1Br. The Kier molecular flexibility index (Phi) is 6.47. The minimum absolute atomic E-state index is 0.122. The monoisotopic (exact) mass is 377 g/mol. The molecule has 4 nitrogen and oxygen atoms in total. The summed E-state index contributed by atoms with van der Waals surface area (Å²) in [4.78, 5) is 12.2. The molecule has 0 spiro atoms. The molecule has 0 fully saturated rings. The predicted molar refractivity (Wildman–Crippen MR) is 94.1 cm³/mol. The van der Waals surface area contributed by atoms with Crippen LogP contribution in [0.2, 0.25) is 0 Å². The lowest BCUT2D eigenvalue weighted by molar-refractivity contribution is 0.0951. The number of rotatable bonds is 7. The maximum absolute atomic E-state index is 12.2. The van der Waals surface area contributed by atoms with Crippen LogP contribution in [0.3, 0.4) is 0 Å². The number of methoxy groups -OCH3 is 1. The van der Waals surface area contributed by atoms with Gasteiger partial charge < -0.3 is 14.8 Å². The number of hydrogen-bond acceptors (Lipinski definition) is 3. The number of carbonyl (C=O) groups is 1. The van der Waals surface area contributed by atoms with Gasteiger partial charge in [-0.2, -0.15) is 0 Å². The van der Waals surface area contributed by atoms with Crippen molar-refractivity contribution in [1.29, 1.82) is 0 Å². The molecule has 2 aromatic carbocycles. The zero-order valence-corrected chi connectivity index (χ0v) is 14.9. The third kappa shape index (κ3) is 4.99. The van der Waals surface area contributed by atoms with Gasteiger partial charge in [0.15, 0.2) is 0 Å². The summed E-state index contributed by atoms with van der Waals surface area (Å²) in [5.41, 5.74) is 1.61. The quantitative estimate of drug-likeness (QED) is 0.787. The molecule has 23 heavy (non-hydrogen) atoms. The van der Waals surface area contributed by atoms with Crippen LogP contribution in [0, 0.1) is 0 Å². The van der Waals surface area contributed by atoms with Crippen LogP contribution in [-0.2, 0) is 6.54 Å². The van der Waals surface area contributed by atoms with Crippen LogP contribution in [0.15, 0.2) is 46.9 Å². The van der Waals surface area contributed by atoms with Crippen molar-refractivity contribution in [1.82, 2.24) is 5.32 Å². The van der Waals surface area contributed by atoms with Crippen LogP contribution in [-0.4, -0.2) is 19.6 Å². The van der Waals surface area contributed by atoms with Gasteiger partial charge in [0, 0.05) is 12.1 Å². The van der Waals surface area contributed by atoms with Crippen LogP contribution in [0.5, 0.6) is 11.5 Å². The fourth-order valence-electron chi connectivity index (χ4n) is 2.00. The van der Waals surface area contributed by atoms with Crippen molar-refractivity contribution >= 4 is 21.8 Å². The second-order valence-electron chi connectivity index (χ2n) is 5.02. The number of nitrogens with one attached hydrogen (secondary N) is 1. The molecule has 1 N–H and O–H groups in total. The second-order valence-corrected chi connectivity index (χ2v) is 5.88.